The molecule has 0 aliphatic carbocycles. The standard InChI is InChI=1S/C23H32N4O5/c1-24-23(26-14-17-11-19(29-4)22(31-6)20(12-17)30-5)25-13-16-8-7-9-18(10-16)32-15-21(28)27(2)3/h7-12H,13-15H2,1-6H3,(H2,24,25,26). The third-order valence-corrected chi connectivity index (χ3v) is 4.63. The predicted molar refractivity (Wildman–Crippen MR) is 124 cm³/mol. The minimum atomic E-state index is -0.0927. The molecule has 0 heterocycles. The Morgan fingerprint density at radius 2 is 1.56 bits per heavy atom. The smallest absolute Gasteiger partial charge is 0.259 e. The van der Waals surface area contributed by atoms with Gasteiger partial charge in [-0.2, -0.15) is 0 Å². The van der Waals surface area contributed by atoms with Gasteiger partial charge in [-0.25, -0.2) is 0 Å². The molecular formula is C23H32N4O5. The number of ether oxygens (including phenoxy) is 4. The molecule has 0 aromatic heterocycles. The highest BCUT2D eigenvalue weighted by atomic mass is 16.5. The maximum absolute atomic E-state index is 11.7. The van der Waals surface area contributed by atoms with Crippen LogP contribution in [0.3, 0.4) is 0 Å². The van der Waals surface area contributed by atoms with E-state index in [4.69, 9.17) is 18.9 Å². The van der Waals surface area contributed by atoms with Crippen LogP contribution in [0.1, 0.15) is 11.1 Å². The highest BCUT2D eigenvalue weighted by molar-refractivity contribution is 5.79. The molecule has 1 amide bonds. The maximum Gasteiger partial charge on any atom is 0.259 e. The molecule has 0 aliphatic rings. The number of benzene rings is 2. The molecule has 174 valence electrons. The van der Waals surface area contributed by atoms with Gasteiger partial charge in [-0.3, -0.25) is 9.79 Å². The van der Waals surface area contributed by atoms with Crippen molar-refractivity contribution in [3.8, 4) is 23.0 Å². The third-order valence-electron chi connectivity index (χ3n) is 4.63. The molecule has 0 aliphatic heterocycles. The van der Waals surface area contributed by atoms with Crippen LogP contribution in [-0.4, -0.2) is 65.8 Å². The van der Waals surface area contributed by atoms with E-state index in [9.17, 15) is 4.79 Å². The van der Waals surface area contributed by atoms with E-state index >= 15 is 0 Å². The van der Waals surface area contributed by atoms with Gasteiger partial charge in [0.2, 0.25) is 5.75 Å². The minimum absolute atomic E-state index is 0.00188. The Balaban J connectivity index is 1.95. The van der Waals surface area contributed by atoms with Crippen molar-refractivity contribution in [1.82, 2.24) is 15.5 Å². The monoisotopic (exact) mass is 444 g/mol. The first-order valence-corrected chi connectivity index (χ1v) is 10.1. The Kier molecular flexibility index (Phi) is 9.46. The molecule has 0 bridgehead atoms. The largest absolute Gasteiger partial charge is 0.493 e. The van der Waals surface area contributed by atoms with E-state index in [0.29, 0.717) is 42.0 Å². The number of rotatable bonds is 10. The number of nitrogens with one attached hydrogen (secondary N) is 2. The molecule has 2 aromatic rings. The molecule has 0 radical (unpaired) electrons. The molecular weight excluding hydrogens is 412 g/mol. The lowest BCUT2D eigenvalue weighted by Crippen LogP contribution is -2.36. The molecule has 0 saturated heterocycles. The predicted octanol–water partition coefficient (Wildman–Crippen LogP) is 2.04. The second-order valence-corrected chi connectivity index (χ2v) is 7.04. The van der Waals surface area contributed by atoms with Crippen molar-refractivity contribution >= 4 is 11.9 Å². The molecule has 9 heteroatoms. The Labute approximate surface area is 189 Å². The van der Waals surface area contributed by atoms with Gasteiger partial charge in [0.25, 0.3) is 5.91 Å². The van der Waals surface area contributed by atoms with E-state index in [1.165, 1.54) is 4.90 Å². The van der Waals surface area contributed by atoms with E-state index in [-0.39, 0.29) is 12.5 Å². The van der Waals surface area contributed by atoms with Gasteiger partial charge in [0.1, 0.15) is 5.75 Å². The Morgan fingerprint density at radius 3 is 2.09 bits per heavy atom. The zero-order chi connectivity index (χ0) is 23.5. The summed E-state index contributed by atoms with van der Waals surface area (Å²) < 4.78 is 21.7. The van der Waals surface area contributed by atoms with Crippen LogP contribution in [-0.2, 0) is 17.9 Å². The zero-order valence-corrected chi connectivity index (χ0v) is 19.5. The van der Waals surface area contributed by atoms with Crippen molar-refractivity contribution < 1.29 is 23.7 Å². The third kappa shape index (κ3) is 6.97. The summed E-state index contributed by atoms with van der Waals surface area (Å²) in [5, 5.41) is 6.54. The van der Waals surface area contributed by atoms with E-state index < -0.39 is 0 Å². The van der Waals surface area contributed by atoms with Crippen LogP contribution in [0.5, 0.6) is 23.0 Å². The maximum atomic E-state index is 11.7. The second kappa shape index (κ2) is 12.3. The van der Waals surface area contributed by atoms with Gasteiger partial charge in [0.15, 0.2) is 24.1 Å². The number of nitrogens with zero attached hydrogens (tertiary/aromatic N) is 2. The number of likely N-dealkylation sites (N-methyl/N-ethyl adjacent to an activating group) is 1. The van der Waals surface area contributed by atoms with Gasteiger partial charge in [-0.1, -0.05) is 12.1 Å². The van der Waals surface area contributed by atoms with Crippen LogP contribution in [0.25, 0.3) is 0 Å². The van der Waals surface area contributed by atoms with Crippen LogP contribution < -0.4 is 29.6 Å². The summed E-state index contributed by atoms with van der Waals surface area (Å²) in [6, 6.07) is 11.3. The van der Waals surface area contributed by atoms with Crippen LogP contribution >= 0.6 is 0 Å². The van der Waals surface area contributed by atoms with Crippen LogP contribution in [0.15, 0.2) is 41.4 Å². The van der Waals surface area contributed by atoms with Gasteiger partial charge < -0.3 is 34.5 Å². The van der Waals surface area contributed by atoms with Crippen molar-refractivity contribution in [2.45, 2.75) is 13.1 Å². The highest BCUT2D eigenvalue weighted by Gasteiger charge is 2.13. The molecule has 2 rings (SSSR count). The van der Waals surface area contributed by atoms with Crippen molar-refractivity contribution in [2.24, 2.45) is 4.99 Å². The fourth-order valence-corrected chi connectivity index (χ4v) is 2.85. The number of carbonyl (C=O) groups is 1. The number of methoxy groups -OCH3 is 3. The lowest BCUT2D eigenvalue weighted by Gasteiger charge is -2.16. The van der Waals surface area contributed by atoms with Crippen LogP contribution in [0.4, 0.5) is 0 Å². The molecule has 0 spiro atoms. The SMILES string of the molecule is CN=C(NCc1cccc(OCC(=O)N(C)C)c1)NCc1cc(OC)c(OC)c(OC)c1. The molecule has 0 unspecified atom stereocenters. The topological polar surface area (TPSA) is 93.7 Å². The molecule has 2 aromatic carbocycles. The molecule has 32 heavy (non-hydrogen) atoms. The van der Waals surface area contributed by atoms with E-state index in [0.717, 1.165) is 11.1 Å². The van der Waals surface area contributed by atoms with Crippen LogP contribution in [0.2, 0.25) is 0 Å². The number of hydrogen-bond donors (Lipinski definition) is 2. The Bertz CT molecular complexity index is 905. The molecule has 0 atom stereocenters. The summed E-state index contributed by atoms with van der Waals surface area (Å²) in [6.45, 7) is 1.04. The fraction of sp³-hybridized carbons (Fsp3) is 0.391. The van der Waals surface area contributed by atoms with E-state index in [2.05, 4.69) is 15.6 Å². The Morgan fingerprint density at radius 1 is 0.938 bits per heavy atom. The first kappa shape index (κ1) is 24.6. The molecule has 0 fully saturated rings. The summed E-state index contributed by atoms with van der Waals surface area (Å²) in [6.07, 6.45) is 0. The normalized spacial score (nSPS) is 10.9. The van der Waals surface area contributed by atoms with Crippen molar-refractivity contribution in [3.05, 3.63) is 47.5 Å². The average Bonchev–Trinajstić information content (AvgIpc) is 2.81. The van der Waals surface area contributed by atoms with Crippen molar-refractivity contribution in [3.63, 3.8) is 0 Å². The molecule has 9 nitrogen and oxygen atoms in total. The number of amides is 1. The summed E-state index contributed by atoms with van der Waals surface area (Å²) in [7, 11) is 9.85. The number of carbonyl (C=O) groups excluding carboxylic acids is 1. The van der Waals surface area contributed by atoms with Gasteiger partial charge in [-0.05, 0) is 35.4 Å². The van der Waals surface area contributed by atoms with Crippen molar-refractivity contribution in [1.29, 1.82) is 0 Å². The first-order valence-electron chi connectivity index (χ1n) is 10.1. The summed E-state index contributed by atoms with van der Waals surface area (Å²) in [4.78, 5) is 17.5. The minimum Gasteiger partial charge on any atom is -0.493 e. The summed E-state index contributed by atoms with van der Waals surface area (Å²) >= 11 is 0. The molecule has 0 saturated carbocycles. The fourth-order valence-electron chi connectivity index (χ4n) is 2.85. The first-order chi connectivity index (χ1) is 15.4. The lowest BCUT2D eigenvalue weighted by molar-refractivity contribution is -0.130. The lowest BCUT2D eigenvalue weighted by atomic mass is 10.2. The van der Waals surface area contributed by atoms with E-state index in [1.54, 1.807) is 42.5 Å². The zero-order valence-electron chi connectivity index (χ0n) is 19.5. The van der Waals surface area contributed by atoms with Gasteiger partial charge in [-0.15, -0.1) is 0 Å². The quantitative estimate of drug-likeness (QED) is 0.428. The molecule has 2 N–H and O–H groups in total. The number of hydrogen-bond acceptors (Lipinski definition) is 6. The summed E-state index contributed by atoms with van der Waals surface area (Å²) in [5.41, 5.74) is 1.94. The van der Waals surface area contributed by atoms with Gasteiger partial charge in [0, 0.05) is 34.2 Å². The van der Waals surface area contributed by atoms with Gasteiger partial charge >= 0.3 is 0 Å². The number of guanidine groups is 1. The van der Waals surface area contributed by atoms with Gasteiger partial charge in [0.05, 0.1) is 21.3 Å². The van der Waals surface area contributed by atoms with Crippen molar-refractivity contribution in [2.75, 3.05) is 49.1 Å². The van der Waals surface area contributed by atoms with Crippen LogP contribution in [0, 0.1) is 0 Å². The number of aliphatic imine (C=N–C) groups is 1. The average molecular weight is 445 g/mol. The second-order valence-electron chi connectivity index (χ2n) is 7.04. The highest BCUT2D eigenvalue weighted by Crippen LogP contribution is 2.38. The summed E-state index contributed by atoms with van der Waals surface area (Å²) in [5.74, 6) is 2.92. The van der Waals surface area contributed by atoms with E-state index in [1.807, 2.05) is 36.4 Å². The Hall–Kier alpha value is -3.62.